The van der Waals surface area contributed by atoms with Crippen molar-refractivity contribution in [1.29, 1.82) is 0 Å². The number of halogens is 1. The average molecular weight is 421 g/mol. The number of nitrogens with zero attached hydrogens (tertiary/aromatic N) is 4. The van der Waals surface area contributed by atoms with Crippen LogP contribution in [0.1, 0.15) is 17.3 Å². The van der Waals surface area contributed by atoms with Gasteiger partial charge in [0.1, 0.15) is 10.8 Å². The predicted octanol–water partition coefficient (Wildman–Crippen LogP) is 3.86. The Labute approximate surface area is 175 Å². The number of amides is 1. The number of Topliss-reactive ketones (excluding diaryl/α,β-unsaturated/α-hetero) is 1. The van der Waals surface area contributed by atoms with E-state index in [2.05, 4.69) is 20.6 Å². The Hall–Kier alpha value is -3.59. The van der Waals surface area contributed by atoms with Gasteiger partial charge in [-0.1, -0.05) is 11.8 Å². The third-order valence-corrected chi connectivity index (χ3v) is 5.19. The summed E-state index contributed by atoms with van der Waals surface area (Å²) in [5.74, 6) is 0.0844. The molecule has 0 aliphatic carbocycles. The molecule has 0 fully saturated rings. The molecule has 1 N–H and O–H groups in total. The fourth-order valence-corrected chi connectivity index (χ4v) is 3.41. The molecule has 0 aliphatic rings. The molecule has 0 bridgehead atoms. The number of fused-ring (bicyclic) bond motifs is 1. The molecular formula is C21H16FN5O2S. The largest absolute Gasteiger partial charge is 0.325 e. The minimum Gasteiger partial charge on any atom is -0.325 e. The second-order valence-electron chi connectivity index (χ2n) is 6.44. The summed E-state index contributed by atoms with van der Waals surface area (Å²) >= 11 is 1.27. The molecule has 30 heavy (non-hydrogen) atoms. The minimum absolute atomic E-state index is 0.0288. The number of carbonyl (C=O) groups excluding carboxylic acids is 2. The van der Waals surface area contributed by atoms with Gasteiger partial charge in [0.25, 0.3) is 0 Å². The number of benzene rings is 2. The topological polar surface area (TPSA) is 89.2 Å². The fraction of sp³-hybridized carbons (Fsp3) is 0.0952. The molecule has 2 aromatic carbocycles. The fourth-order valence-electron chi connectivity index (χ4n) is 2.75. The standard InChI is InChI=1S/C21H16FN5O2S/c1-13(28)14-4-8-17(9-5-14)23-19(29)12-30-20-11-10-18-24-25-21(27(18)26-20)15-2-6-16(22)7-3-15/h2-11H,12H2,1H3,(H,23,29). The van der Waals surface area contributed by atoms with Crippen LogP contribution in [0.2, 0.25) is 0 Å². The Morgan fingerprint density at radius 1 is 1.00 bits per heavy atom. The predicted molar refractivity (Wildman–Crippen MR) is 112 cm³/mol. The molecule has 0 aliphatic heterocycles. The monoisotopic (exact) mass is 421 g/mol. The van der Waals surface area contributed by atoms with Crippen LogP contribution < -0.4 is 5.32 Å². The molecule has 150 valence electrons. The Morgan fingerprint density at radius 3 is 2.43 bits per heavy atom. The lowest BCUT2D eigenvalue weighted by Gasteiger charge is -2.06. The molecule has 0 spiro atoms. The van der Waals surface area contributed by atoms with Crippen molar-refractivity contribution in [3.05, 3.63) is 72.0 Å². The maximum atomic E-state index is 13.2. The highest BCUT2D eigenvalue weighted by molar-refractivity contribution is 7.99. The summed E-state index contributed by atoms with van der Waals surface area (Å²) in [6.45, 7) is 1.49. The van der Waals surface area contributed by atoms with E-state index in [9.17, 15) is 14.0 Å². The normalized spacial score (nSPS) is 10.9. The van der Waals surface area contributed by atoms with E-state index in [0.29, 0.717) is 33.3 Å². The zero-order chi connectivity index (χ0) is 21.1. The Morgan fingerprint density at radius 2 is 1.73 bits per heavy atom. The molecule has 0 saturated heterocycles. The van der Waals surface area contributed by atoms with Crippen molar-refractivity contribution >= 4 is 34.8 Å². The quantitative estimate of drug-likeness (QED) is 0.376. The maximum absolute atomic E-state index is 13.2. The van der Waals surface area contributed by atoms with Gasteiger partial charge in [-0.3, -0.25) is 9.59 Å². The minimum atomic E-state index is -0.335. The van der Waals surface area contributed by atoms with Gasteiger partial charge in [-0.15, -0.1) is 10.2 Å². The number of anilines is 1. The SMILES string of the molecule is CC(=O)c1ccc(NC(=O)CSc2ccc3nnc(-c4ccc(F)cc4)n3n2)cc1. The third kappa shape index (κ3) is 4.36. The number of hydrogen-bond acceptors (Lipinski definition) is 6. The zero-order valence-electron chi connectivity index (χ0n) is 15.9. The lowest BCUT2D eigenvalue weighted by Crippen LogP contribution is -2.14. The molecule has 0 saturated carbocycles. The molecule has 2 heterocycles. The first kappa shape index (κ1) is 19.7. The van der Waals surface area contributed by atoms with Crippen molar-refractivity contribution in [3.63, 3.8) is 0 Å². The zero-order valence-corrected chi connectivity index (χ0v) is 16.7. The lowest BCUT2D eigenvalue weighted by atomic mass is 10.1. The Bertz CT molecular complexity index is 1220. The smallest absolute Gasteiger partial charge is 0.234 e. The summed E-state index contributed by atoms with van der Waals surface area (Å²) < 4.78 is 14.7. The van der Waals surface area contributed by atoms with Crippen LogP contribution >= 0.6 is 11.8 Å². The van der Waals surface area contributed by atoms with Crippen LogP contribution in [0.4, 0.5) is 10.1 Å². The number of ketones is 1. The lowest BCUT2D eigenvalue weighted by molar-refractivity contribution is -0.113. The highest BCUT2D eigenvalue weighted by atomic mass is 32.2. The number of rotatable bonds is 6. The van der Waals surface area contributed by atoms with Crippen molar-refractivity contribution in [2.75, 3.05) is 11.1 Å². The summed E-state index contributed by atoms with van der Waals surface area (Å²) in [6.07, 6.45) is 0. The maximum Gasteiger partial charge on any atom is 0.234 e. The average Bonchev–Trinajstić information content (AvgIpc) is 3.16. The molecule has 1 amide bonds. The number of nitrogens with one attached hydrogen (secondary N) is 1. The van der Waals surface area contributed by atoms with E-state index in [-0.39, 0.29) is 23.3 Å². The van der Waals surface area contributed by atoms with Crippen molar-refractivity contribution in [2.45, 2.75) is 11.9 Å². The van der Waals surface area contributed by atoms with Gasteiger partial charge in [0.15, 0.2) is 17.3 Å². The van der Waals surface area contributed by atoms with Gasteiger partial charge in [0.2, 0.25) is 5.91 Å². The molecule has 0 radical (unpaired) electrons. The van der Waals surface area contributed by atoms with Crippen LogP contribution in [-0.4, -0.2) is 37.3 Å². The van der Waals surface area contributed by atoms with Crippen LogP contribution in [0, 0.1) is 5.82 Å². The Kier molecular flexibility index (Phi) is 5.53. The molecule has 0 unspecified atom stereocenters. The van der Waals surface area contributed by atoms with E-state index in [4.69, 9.17) is 0 Å². The summed E-state index contributed by atoms with van der Waals surface area (Å²) in [6, 6.07) is 16.2. The second-order valence-corrected chi connectivity index (χ2v) is 7.44. The van der Waals surface area contributed by atoms with Gasteiger partial charge in [0, 0.05) is 16.8 Å². The van der Waals surface area contributed by atoms with Crippen LogP contribution in [0.5, 0.6) is 0 Å². The molecule has 7 nitrogen and oxygen atoms in total. The van der Waals surface area contributed by atoms with E-state index in [0.717, 1.165) is 0 Å². The first-order chi connectivity index (χ1) is 14.5. The summed E-state index contributed by atoms with van der Waals surface area (Å²) in [4.78, 5) is 23.6. The van der Waals surface area contributed by atoms with Gasteiger partial charge >= 0.3 is 0 Å². The first-order valence-corrected chi connectivity index (χ1v) is 10.0. The van der Waals surface area contributed by atoms with E-state index in [1.165, 1.54) is 30.8 Å². The van der Waals surface area contributed by atoms with E-state index < -0.39 is 0 Å². The van der Waals surface area contributed by atoms with E-state index in [1.807, 2.05) is 0 Å². The van der Waals surface area contributed by atoms with Crippen LogP contribution in [0.25, 0.3) is 17.0 Å². The summed E-state index contributed by atoms with van der Waals surface area (Å²) in [5.41, 5.74) is 2.44. The third-order valence-electron chi connectivity index (χ3n) is 4.27. The highest BCUT2D eigenvalue weighted by Crippen LogP contribution is 2.21. The molecule has 4 aromatic rings. The molecule has 0 atom stereocenters. The summed E-state index contributed by atoms with van der Waals surface area (Å²) in [7, 11) is 0. The van der Waals surface area contributed by atoms with Crippen molar-refractivity contribution < 1.29 is 14.0 Å². The van der Waals surface area contributed by atoms with Crippen LogP contribution in [0.3, 0.4) is 0 Å². The van der Waals surface area contributed by atoms with Gasteiger partial charge in [-0.05, 0) is 67.6 Å². The molecule has 9 heteroatoms. The summed E-state index contributed by atoms with van der Waals surface area (Å²) in [5, 5.41) is 16.1. The number of hydrogen-bond donors (Lipinski definition) is 1. The number of thioether (sulfide) groups is 1. The number of aromatic nitrogens is 4. The van der Waals surface area contributed by atoms with Gasteiger partial charge < -0.3 is 5.32 Å². The van der Waals surface area contributed by atoms with E-state index in [1.54, 1.807) is 53.0 Å². The second kappa shape index (κ2) is 8.42. The van der Waals surface area contributed by atoms with Gasteiger partial charge in [-0.25, -0.2) is 4.39 Å². The van der Waals surface area contributed by atoms with Crippen molar-refractivity contribution in [3.8, 4) is 11.4 Å². The van der Waals surface area contributed by atoms with Gasteiger partial charge in [0.05, 0.1) is 5.75 Å². The van der Waals surface area contributed by atoms with Crippen molar-refractivity contribution in [1.82, 2.24) is 19.8 Å². The van der Waals surface area contributed by atoms with E-state index >= 15 is 0 Å². The highest BCUT2D eigenvalue weighted by Gasteiger charge is 2.12. The Balaban J connectivity index is 1.44. The van der Waals surface area contributed by atoms with Crippen LogP contribution in [0.15, 0.2) is 65.7 Å². The molecule has 2 aromatic heterocycles. The van der Waals surface area contributed by atoms with Crippen LogP contribution in [-0.2, 0) is 4.79 Å². The first-order valence-electron chi connectivity index (χ1n) is 9.02. The number of carbonyl (C=O) groups is 2. The van der Waals surface area contributed by atoms with Gasteiger partial charge in [-0.2, -0.15) is 9.61 Å². The van der Waals surface area contributed by atoms with Crippen molar-refractivity contribution in [2.24, 2.45) is 0 Å². The molecular weight excluding hydrogens is 405 g/mol. The molecule has 4 rings (SSSR count).